The number of rotatable bonds is 7. The summed E-state index contributed by atoms with van der Waals surface area (Å²) in [5, 5.41) is 15.6. The average molecular weight is 463 g/mol. The predicted octanol–water partition coefficient (Wildman–Crippen LogP) is 3.55. The molecule has 0 aliphatic heterocycles. The van der Waals surface area contributed by atoms with Crippen molar-refractivity contribution in [3.05, 3.63) is 27.3 Å². The molecule has 2 aromatic heterocycles. The Labute approximate surface area is 190 Å². The van der Waals surface area contributed by atoms with Gasteiger partial charge >= 0.3 is 11.7 Å². The molecule has 10 heteroatoms. The molecule has 174 valence electrons. The van der Waals surface area contributed by atoms with E-state index in [9.17, 15) is 19.5 Å². The molecule has 2 N–H and O–H groups in total. The lowest BCUT2D eigenvalue weighted by atomic mass is 9.97. The summed E-state index contributed by atoms with van der Waals surface area (Å²) >= 11 is 1.12. The zero-order valence-corrected chi connectivity index (χ0v) is 19.3. The fourth-order valence-electron chi connectivity index (χ4n) is 5.17. The van der Waals surface area contributed by atoms with Crippen molar-refractivity contribution in [2.45, 2.75) is 69.7 Å². The van der Waals surface area contributed by atoms with Crippen LogP contribution in [0.25, 0.3) is 0 Å². The number of imidazole rings is 1. The summed E-state index contributed by atoms with van der Waals surface area (Å²) in [5.74, 6) is -0.650. The first-order chi connectivity index (χ1) is 15.4. The van der Waals surface area contributed by atoms with Crippen molar-refractivity contribution in [1.29, 1.82) is 0 Å². The molecule has 1 atom stereocenters. The molecule has 2 fully saturated rings. The van der Waals surface area contributed by atoms with E-state index in [0.29, 0.717) is 18.0 Å². The fourth-order valence-corrected chi connectivity index (χ4v) is 5.86. The van der Waals surface area contributed by atoms with Gasteiger partial charge in [-0.1, -0.05) is 38.5 Å². The average Bonchev–Trinajstić information content (AvgIpc) is 3.57. The van der Waals surface area contributed by atoms with Crippen LogP contribution in [0.1, 0.15) is 85.9 Å². The summed E-state index contributed by atoms with van der Waals surface area (Å²) in [7, 11) is 2.93. The number of aromatic nitrogens is 3. The van der Waals surface area contributed by atoms with E-state index in [2.05, 4.69) is 15.0 Å². The molecule has 9 nitrogen and oxygen atoms in total. The van der Waals surface area contributed by atoms with E-state index in [4.69, 9.17) is 0 Å². The van der Waals surface area contributed by atoms with Crippen LogP contribution < -0.4 is 11.0 Å². The monoisotopic (exact) mass is 462 g/mol. The van der Waals surface area contributed by atoms with Crippen LogP contribution in [-0.4, -0.2) is 38.2 Å². The van der Waals surface area contributed by atoms with E-state index < -0.39 is 17.9 Å². The maximum absolute atomic E-state index is 13.4. The van der Waals surface area contributed by atoms with Crippen LogP contribution in [0, 0.1) is 5.92 Å². The number of carbonyl (C=O) groups is 2. The maximum Gasteiger partial charge on any atom is 0.357 e. The number of thiazole rings is 1. The fraction of sp³-hybridized carbons (Fsp3) is 0.636. The van der Waals surface area contributed by atoms with Crippen LogP contribution in [0.2, 0.25) is 0 Å². The molecule has 2 aliphatic carbocycles. The van der Waals surface area contributed by atoms with Gasteiger partial charge in [-0.2, -0.15) is 0 Å². The number of ether oxygens (including phenoxy) is 1. The minimum Gasteiger partial charge on any atom is -0.493 e. The number of anilines is 1. The second-order valence-electron chi connectivity index (χ2n) is 8.82. The van der Waals surface area contributed by atoms with Crippen molar-refractivity contribution < 1.29 is 19.4 Å². The van der Waals surface area contributed by atoms with E-state index in [1.54, 1.807) is 7.05 Å². The van der Waals surface area contributed by atoms with Gasteiger partial charge in [0.25, 0.3) is 0 Å². The Morgan fingerprint density at radius 3 is 2.56 bits per heavy atom. The number of hydrogen-bond acceptors (Lipinski definition) is 7. The molecule has 2 heterocycles. The van der Waals surface area contributed by atoms with Crippen molar-refractivity contribution >= 4 is 28.3 Å². The first kappa shape index (κ1) is 22.6. The van der Waals surface area contributed by atoms with E-state index in [0.717, 1.165) is 62.7 Å². The van der Waals surface area contributed by atoms with Crippen LogP contribution in [0.5, 0.6) is 5.88 Å². The van der Waals surface area contributed by atoms with Crippen molar-refractivity contribution in [2.24, 2.45) is 13.0 Å². The Morgan fingerprint density at radius 1 is 1.25 bits per heavy atom. The Hall–Kier alpha value is -2.62. The molecule has 0 aromatic carbocycles. The van der Waals surface area contributed by atoms with Crippen molar-refractivity contribution in [1.82, 2.24) is 14.1 Å². The molecule has 0 spiro atoms. The van der Waals surface area contributed by atoms with Gasteiger partial charge in [0.05, 0.1) is 12.8 Å². The van der Waals surface area contributed by atoms with Gasteiger partial charge in [0, 0.05) is 18.3 Å². The van der Waals surface area contributed by atoms with Gasteiger partial charge in [0.1, 0.15) is 6.04 Å². The maximum atomic E-state index is 13.4. The summed E-state index contributed by atoms with van der Waals surface area (Å²) < 4.78 is 7.43. The number of esters is 1. The third kappa shape index (κ3) is 4.32. The van der Waals surface area contributed by atoms with E-state index >= 15 is 0 Å². The molecular formula is C22H30N4O5S. The first-order valence-corrected chi connectivity index (χ1v) is 12.1. The molecule has 2 aliphatic rings. The number of aromatic hydroxyl groups is 1. The summed E-state index contributed by atoms with van der Waals surface area (Å²) in [5.41, 5.74) is 0.360. The van der Waals surface area contributed by atoms with E-state index in [1.807, 2.05) is 0 Å². The van der Waals surface area contributed by atoms with Gasteiger partial charge in [-0.25, -0.2) is 14.6 Å². The van der Waals surface area contributed by atoms with Crippen LogP contribution in [0.15, 0.2) is 10.2 Å². The summed E-state index contributed by atoms with van der Waals surface area (Å²) in [6.45, 7) is 0. The highest BCUT2D eigenvalue weighted by Crippen LogP contribution is 2.40. The third-order valence-electron chi connectivity index (χ3n) is 6.83. The second kappa shape index (κ2) is 9.48. The van der Waals surface area contributed by atoms with Crippen molar-refractivity contribution in [3.8, 4) is 5.88 Å². The van der Waals surface area contributed by atoms with Gasteiger partial charge in [-0.3, -0.25) is 13.9 Å². The Kier molecular flexibility index (Phi) is 6.68. The van der Waals surface area contributed by atoms with Crippen LogP contribution in [-0.2, 0) is 16.6 Å². The molecule has 4 rings (SSSR count). The molecule has 0 radical (unpaired) electrons. The summed E-state index contributed by atoms with van der Waals surface area (Å²) in [6, 6.07) is -0.850. The zero-order chi connectivity index (χ0) is 22.8. The van der Waals surface area contributed by atoms with Crippen LogP contribution in [0.4, 0.5) is 5.13 Å². The van der Waals surface area contributed by atoms with Gasteiger partial charge in [-0.05, 0) is 25.2 Å². The number of methoxy groups -OCH3 is 1. The lowest BCUT2D eigenvalue weighted by molar-refractivity contribution is -0.120. The second-order valence-corrected chi connectivity index (χ2v) is 9.68. The first-order valence-electron chi connectivity index (χ1n) is 11.3. The minimum atomic E-state index is -0.850. The predicted molar refractivity (Wildman–Crippen MR) is 120 cm³/mol. The number of nitrogens with one attached hydrogen (secondary N) is 1. The van der Waals surface area contributed by atoms with Gasteiger partial charge in [-0.15, -0.1) is 11.3 Å². The zero-order valence-electron chi connectivity index (χ0n) is 18.5. The quantitative estimate of drug-likeness (QED) is 0.608. The third-order valence-corrected chi connectivity index (χ3v) is 7.59. The molecular weight excluding hydrogens is 432 g/mol. The van der Waals surface area contributed by atoms with Crippen LogP contribution in [0.3, 0.4) is 0 Å². The van der Waals surface area contributed by atoms with Crippen molar-refractivity contribution in [3.63, 3.8) is 0 Å². The normalized spacial score (nSPS) is 18.2. The molecule has 0 saturated heterocycles. The highest BCUT2D eigenvalue weighted by atomic mass is 32.1. The smallest absolute Gasteiger partial charge is 0.357 e. The highest BCUT2D eigenvalue weighted by molar-refractivity contribution is 7.14. The lowest BCUT2D eigenvalue weighted by Crippen LogP contribution is -2.34. The SMILES string of the molecule is COC(=O)c1csc(NC(=O)[C@H](CC2CCCC2)n2c(O)c(C3CCCC3)n(C)c2=O)n1. The number of amides is 1. The van der Waals surface area contributed by atoms with E-state index in [1.165, 1.54) is 21.6 Å². The van der Waals surface area contributed by atoms with Gasteiger partial charge < -0.3 is 15.2 Å². The van der Waals surface area contributed by atoms with E-state index in [-0.39, 0.29) is 28.3 Å². The molecule has 1 amide bonds. The Balaban J connectivity index is 1.65. The topological polar surface area (TPSA) is 115 Å². The standard InChI is InChI=1S/C22H30N4O5S/c1-25-17(14-9-5-6-10-14)19(28)26(22(25)30)16(11-13-7-3-4-8-13)18(27)24-21-23-15(12-32-21)20(29)31-2/h12-14,16,28H,3-11H2,1-2H3,(H,23,24,27)/t16-/m0/s1. The van der Waals surface area contributed by atoms with Crippen molar-refractivity contribution in [2.75, 3.05) is 12.4 Å². The minimum absolute atomic E-state index is 0.100. The molecule has 0 bridgehead atoms. The highest BCUT2D eigenvalue weighted by Gasteiger charge is 2.35. The van der Waals surface area contributed by atoms with Gasteiger partial charge in [0.15, 0.2) is 10.8 Å². The Morgan fingerprint density at radius 2 is 1.91 bits per heavy atom. The van der Waals surface area contributed by atoms with Crippen LogP contribution >= 0.6 is 11.3 Å². The van der Waals surface area contributed by atoms with Gasteiger partial charge in [0.2, 0.25) is 11.8 Å². The molecule has 2 saturated carbocycles. The number of hydrogen-bond donors (Lipinski definition) is 2. The number of carbonyl (C=O) groups excluding carboxylic acids is 2. The molecule has 2 aromatic rings. The summed E-state index contributed by atoms with van der Waals surface area (Å²) in [4.78, 5) is 42.3. The molecule has 0 unspecified atom stereocenters. The number of nitrogens with zero attached hydrogens (tertiary/aromatic N) is 3. The largest absolute Gasteiger partial charge is 0.493 e. The summed E-state index contributed by atoms with van der Waals surface area (Å²) in [6.07, 6.45) is 8.71. The molecule has 32 heavy (non-hydrogen) atoms. The lowest BCUT2D eigenvalue weighted by Gasteiger charge is -2.21. The Bertz CT molecular complexity index is 1040.